The van der Waals surface area contributed by atoms with Crippen LogP contribution in [-0.2, 0) is 25.0 Å². The minimum absolute atomic E-state index is 0.0151. The number of carbonyl (C=O) groups is 1. The van der Waals surface area contributed by atoms with Crippen LogP contribution in [0.15, 0.2) is 24.7 Å². The Labute approximate surface area is 159 Å². The summed E-state index contributed by atoms with van der Waals surface area (Å²) < 4.78 is 20.1. The Morgan fingerprint density at radius 2 is 1.70 bits per heavy atom. The van der Waals surface area contributed by atoms with Crippen molar-refractivity contribution in [3.05, 3.63) is 45.9 Å². The van der Waals surface area contributed by atoms with Crippen molar-refractivity contribution in [2.45, 2.75) is 45.4 Å². The number of carbonyl (C=O) groups excluding carboxylic acids is 1. The monoisotopic (exact) mass is 381 g/mol. The minimum Gasteiger partial charge on any atom is -0.469 e. The molecule has 0 N–H and O–H groups in total. The number of methoxy groups -OCH3 is 2. The normalized spacial score (nSPS) is 11.5. The van der Waals surface area contributed by atoms with E-state index in [-0.39, 0.29) is 24.0 Å². The fourth-order valence-electron chi connectivity index (χ4n) is 2.47. The van der Waals surface area contributed by atoms with Crippen LogP contribution >= 0.6 is 0 Å². The highest BCUT2D eigenvalue weighted by molar-refractivity contribution is 5.60. The number of benzene rings is 1. The third-order valence-electron chi connectivity index (χ3n) is 4.00. The summed E-state index contributed by atoms with van der Waals surface area (Å²) in [7, 11) is 2.60. The average Bonchev–Trinajstić information content (AvgIpc) is 2.57. The van der Waals surface area contributed by atoms with Gasteiger partial charge in [-0.3, -0.25) is 10.1 Å². The highest BCUT2D eigenvalue weighted by Crippen LogP contribution is 2.41. The van der Waals surface area contributed by atoms with E-state index in [1.165, 1.54) is 20.3 Å². The largest absolute Gasteiger partial charge is 0.508 e. The summed E-state index contributed by atoms with van der Waals surface area (Å²) >= 11 is 0. The van der Waals surface area contributed by atoms with Crippen LogP contribution in [0.2, 0.25) is 0 Å². The highest BCUT2D eigenvalue weighted by atomic mass is 16.7. The average molecular weight is 381 g/mol. The van der Waals surface area contributed by atoms with Crippen molar-refractivity contribution in [3.63, 3.8) is 0 Å². The fraction of sp³-hybridized carbons (Fsp3) is 0.526. The molecule has 0 radical (unpaired) electrons. The molecule has 27 heavy (non-hydrogen) atoms. The van der Waals surface area contributed by atoms with Crippen molar-refractivity contribution in [1.82, 2.24) is 0 Å². The molecule has 150 valence electrons. The van der Waals surface area contributed by atoms with Crippen molar-refractivity contribution in [2.75, 3.05) is 20.8 Å². The van der Waals surface area contributed by atoms with Gasteiger partial charge in [0.15, 0.2) is 0 Å². The SMILES string of the molecule is C=C(OC)Oc1cc([N+](=O)[O-])c(C(C)(C)C)cc1C(C)(C)COC(=O)OC. The molecule has 0 spiro atoms. The molecule has 0 aliphatic rings. The van der Waals surface area contributed by atoms with Gasteiger partial charge < -0.3 is 18.9 Å². The van der Waals surface area contributed by atoms with Crippen LogP contribution in [0, 0.1) is 10.1 Å². The number of hydrogen-bond acceptors (Lipinski definition) is 7. The summed E-state index contributed by atoms with van der Waals surface area (Å²) in [6.07, 6.45) is -0.815. The molecule has 0 amide bonds. The second-order valence-electron chi connectivity index (χ2n) is 7.68. The zero-order valence-electron chi connectivity index (χ0n) is 16.9. The number of nitrogens with zero attached hydrogens (tertiary/aromatic N) is 1. The molecule has 8 nitrogen and oxygen atoms in total. The molecule has 1 aromatic carbocycles. The van der Waals surface area contributed by atoms with Crippen molar-refractivity contribution in [2.24, 2.45) is 0 Å². The molecular formula is C19H27NO7. The molecule has 0 saturated carbocycles. The van der Waals surface area contributed by atoms with E-state index in [1.807, 2.05) is 34.6 Å². The highest BCUT2D eigenvalue weighted by Gasteiger charge is 2.34. The first-order valence-corrected chi connectivity index (χ1v) is 8.28. The standard InChI is InChI=1S/C19H27NO7/c1-12(24-7)27-16-10-15(20(22)23)13(18(2,3)4)9-14(16)19(5,6)11-26-17(21)25-8/h9-10H,1,11H2,2-8H3. The van der Waals surface area contributed by atoms with E-state index in [4.69, 9.17) is 14.2 Å². The number of rotatable bonds is 7. The Balaban J connectivity index is 3.59. The number of nitro groups is 1. The first-order chi connectivity index (χ1) is 12.3. The lowest BCUT2D eigenvalue weighted by Crippen LogP contribution is -2.28. The Bertz CT molecular complexity index is 732. The third-order valence-corrected chi connectivity index (χ3v) is 4.00. The molecule has 0 fully saturated rings. The Morgan fingerprint density at radius 3 is 2.15 bits per heavy atom. The Kier molecular flexibility index (Phi) is 6.83. The smallest absolute Gasteiger partial charge is 0.469 e. The Morgan fingerprint density at radius 1 is 1.11 bits per heavy atom. The van der Waals surface area contributed by atoms with E-state index in [2.05, 4.69) is 11.3 Å². The Hall–Kier alpha value is -2.77. The fourth-order valence-corrected chi connectivity index (χ4v) is 2.47. The summed E-state index contributed by atoms with van der Waals surface area (Å²) in [6, 6.07) is 3.05. The van der Waals surface area contributed by atoms with Crippen molar-refractivity contribution in [3.8, 4) is 5.75 Å². The molecule has 0 aromatic heterocycles. The van der Waals surface area contributed by atoms with E-state index in [1.54, 1.807) is 6.07 Å². The van der Waals surface area contributed by atoms with Crippen molar-refractivity contribution >= 4 is 11.8 Å². The maximum Gasteiger partial charge on any atom is 0.508 e. The van der Waals surface area contributed by atoms with Crippen LogP contribution in [0.1, 0.15) is 45.7 Å². The van der Waals surface area contributed by atoms with Gasteiger partial charge in [-0.25, -0.2) is 4.79 Å². The molecular weight excluding hydrogens is 354 g/mol. The van der Waals surface area contributed by atoms with Crippen LogP contribution in [0.4, 0.5) is 10.5 Å². The number of nitro benzene ring substituents is 1. The predicted octanol–water partition coefficient (Wildman–Crippen LogP) is 4.45. The molecule has 1 aromatic rings. The second kappa shape index (κ2) is 8.28. The molecule has 0 heterocycles. The lowest BCUT2D eigenvalue weighted by molar-refractivity contribution is -0.386. The van der Waals surface area contributed by atoms with Crippen LogP contribution in [0.3, 0.4) is 0 Å². The maximum atomic E-state index is 11.6. The minimum atomic E-state index is -0.815. The summed E-state index contributed by atoms with van der Waals surface area (Å²) in [5, 5.41) is 11.6. The van der Waals surface area contributed by atoms with Crippen LogP contribution in [0.25, 0.3) is 0 Å². The molecule has 1 rings (SSSR count). The van der Waals surface area contributed by atoms with E-state index < -0.39 is 21.9 Å². The van der Waals surface area contributed by atoms with E-state index >= 15 is 0 Å². The van der Waals surface area contributed by atoms with E-state index in [0.717, 1.165) is 0 Å². The zero-order valence-corrected chi connectivity index (χ0v) is 16.9. The molecule has 0 unspecified atom stereocenters. The van der Waals surface area contributed by atoms with Gasteiger partial charge in [-0.1, -0.05) is 34.6 Å². The quantitative estimate of drug-likeness (QED) is 0.298. The van der Waals surface area contributed by atoms with Gasteiger partial charge in [0, 0.05) is 16.5 Å². The summed E-state index contributed by atoms with van der Waals surface area (Å²) in [4.78, 5) is 22.5. The first kappa shape index (κ1) is 22.3. The van der Waals surface area contributed by atoms with Gasteiger partial charge in [-0.05, 0) is 18.1 Å². The second-order valence-corrected chi connectivity index (χ2v) is 7.68. The molecule has 0 bridgehead atoms. The molecule has 0 aliphatic heterocycles. The van der Waals surface area contributed by atoms with Crippen LogP contribution in [-0.4, -0.2) is 31.9 Å². The first-order valence-electron chi connectivity index (χ1n) is 8.28. The van der Waals surface area contributed by atoms with Crippen LogP contribution in [0.5, 0.6) is 5.75 Å². The molecule has 0 aliphatic carbocycles. The molecule has 0 saturated heterocycles. The van der Waals surface area contributed by atoms with Gasteiger partial charge in [-0.2, -0.15) is 0 Å². The van der Waals surface area contributed by atoms with Gasteiger partial charge in [0.1, 0.15) is 12.4 Å². The topological polar surface area (TPSA) is 97.1 Å². The zero-order chi connectivity index (χ0) is 21.0. The van der Waals surface area contributed by atoms with Gasteiger partial charge in [0.25, 0.3) is 11.6 Å². The lowest BCUT2D eigenvalue weighted by Gasteiger charge is -2.29. The number of hydrogen-bond donors (Lipinski definition) is 0. The third kappa shape index (κ3) is 5.60. The number of ether oxygens (including phenoxy) is 4. The van der Waals surface area contributed by atoms with Gasteiger partial charge in [-0.15, -0.1) is 0 Å². The van der Waals surface area contributed by atoms with Gasteiger partial charge in [0.05, 0.1) is 25.2 Å². The van der Waals surface area contributed by atoms with Crippen LogP contribution < -0.4 is 4.74 Å². The summed E-state index contributed by atoms with van der Waals surface area (Å²) in [5.41, 5.74) is -0.154. The molecule has 8 heteroatoms. The van der Waals surface area contributed by atoms with Gasteiger partial charge in [0.2, 0.25) is 0 Å². The van der Waals surface area contributed by atoms with E-state index in [0.29, 0.717) is 11.1 Å². The maximum absolute atomic E-state index is 11.6. The van der Waals surface area contributed by atoms with E-state index in [9.17, 15) is 14.9 Å². The molecule has 0 atom stereocenters. The van der Waals surface area contributed by atoms with Gasteiger partial charge >= 0.3 is 6.16 Å². The lowest BCUT2D eigenvalue weighted by atomic mass is 9.78. The predicted molar refractivity (Wildman–Crippen MR) is 100.0 cm³/mol. The summed E-state index contributed by atoms with van der Waals surface area (Å²) in [6.45, 7) is 12.9. The van der Waals surface area contributed by atoms with Crippen molar-refractivity contribution < 1.29 is 28.7 Å². The summed E-state index contributed by atoms with van der Waals surface area (Å²) in [5.74, 6) is 0.193. The van der Waals surface area contributed by atoms with Crippen molar-refractivity contribution in [1.29, 1.82) is 0 Å².